The summed E-state index contributed by atoms with van der Waals surface area (Å²) in [7, 11) is 3.72. The molecule has 3 heterocycles. The molecular formula is C14H21N5O. The molecule has 2 aromatic rings. The Labute approximate surface area is 118 Å². The van der Waals surface area contributed by atoms with Crippen LogP contribution in [-0.2, 0) is 31.4 Å². The highest BCUT2D eigenvalue weighted by molar-refractivity contribution is 5.06. The highest BCUT2D eigenvalue weighted by Gasteiger charge is 2.22. The average molecular weight is 275 g/mol. The molecule has 6 heteroatoms. The summed E-state index contributed by atoms with van der Waals surface area (Å²) in [6.07, 6.45) is 5.90. The normalized spacial score (nSPS) is 19.8. The molecule has 0 fully saturated rings. The first-order valence-electron chi connectivity index (χ1n) is 6.94. The maximum absolute atomic E-state index is 5.35. The monoisotopic (exact) mass is 275 g/mol. The highest BCUT2D eigenvalue weighted by Crippen LogP contribution is 2.18. The number of aryl methyl sites for hydroxylation is 1. The largest absolute Gasteiger partial charge is 0.384 e. The lowest BCUT2D eigenvalue weighted by Gasteiger charge is -2.22. The first-order valence-corrected chi connectivity index (χ1v) is 6.94. The van der Waals surface area contributed by atoms with Crippen LogP contribution in [0, 0.1) is 5.92 Å². The van der Waals surface area contributed by atoms with Gasteiger partial charge in [0.15, 0.2) is 0 Å². The van der Waals surface area contributed by atoms with Crippen molar-refractivity contribution < 1.29 is 4.74 Å². The Balaban J connectivity index is 1.76. The van der Waals surface area contributed by atoms with Gasteiger partial charge in [-0.1, -0.05) is 0 Å². The van der Waals surface area contributed by atoms with Gasteiger partial charge in [0.2, 0.25) is 0 Å². The van der Waals surface area contributed by atoms with Crippen molar-refractivity contribution in [2.24, 2.45) is 13.0 Å². The van der Waals surface area contributed by atoms with Crippen LogP contribution in [0.4, 0.5) is 0 Å². The van der Waals surface area contributed by atoms with Crippen LogP contribution in [0.5, 0.6) is 0 Å². The topological polar surface area (TPSA) is 48.1 Å². The van der Waals surface area contributed by atoms with E-state index in [0.29, 0.717) is 5.92 Å². The summed E-state index contributed by atoms with van der Waals surface area (Å²) in [5.41, 5.74) is 2.52. The van der Waals surface area contributed by atoms with Crippen molar-refractivity contribution in [2.75, 3.05) is 20.3 Å². The van der Waals surface area contributed by atoms with Crippen LogP contribution in [-0.4, -0.2) is 44.7 Å². The van der Waals surface area contributed by atoms with Gasteiger partial charge in [0.05, 0.1) is 18.5 Å². The average Bonchev–Trinajstić information content (AvgIpc) is 2.96. The van der Waals surface area contributed by atoms with E-state index in [0.717, 1.165) is 32.8 Å². The maximum Gasteiger partial charge on any atom is 0.0534 e. The van der Waals surface area contributed by atoms with Crippen LogP contribution in [0.25, 0.3) is 0 Å². The highest BCUT2D eigenvalue weighted by atomic mass is 16.5. The van der Waals surface area contributed by atoms with Gasteiger partial charge in [-0.3, -0.25) is 14.3 Å². The summed E-state index contributed by atoms with van der Waals surface area (Å²) >= 11 is 0. The quantitative estimate of drug-likeness (QED) is 0.831. The van der Waals surface area contributed by atoms with E-state index in [1.807, 2.05) is 24.1 Å². The Hall–Kier alpha value is -1.66. The zero-order chi connectivity index (χ0) is 13.9. The number of rotatable bonds is 4. The molecule has 0 saturated heterocycles. The fourth-order valence-corrected chi connectivity index (χ4v) is 2.89. The van der Waals surface area contributed by atoms with E-state index in [9.17, 15) is 0 Å². The number of hydrogen-bond acceptors (Lipinski definition) is 4. The first kappa shape index (κ1) is 13.3. The standard InChI is InChI=1S/C14H21N5O/c1-17-6-12(5-16-17)7-18-8-13(11-20-2)9-19-14(10-18)3-4-15-19/h3-6,13H,7-11H2,1-2H3. The number of ether oxygens (including phenoxy) is 1. The Morgan fingerprint density at radius 3 is 3.00 bits per heavy atom. The fourth-order valence-electron chi connectivity index (χ4n) is 2.89. The third-order valence-corrected chi connectivity index (χ3v) is 3.70. The van der Waals surface area contributed by atoms with Crippen molar-refractivity contribution in [2.45, 2.75) is 19.6 Å². The number of nitrogens with zero attached hydrogens (tertiary/aromatic N) is 5. The van der Waals surface area contributed by atoms with Gasteiger partial charge in [0.25, 0.3) is 0 Å². The zero-order valence-corrected chi connectivity index (χ0v) is 12.1. The minimum absolute atomic E-state index is 0.470. The number of aromatic nitrogens is 4. The molecule has 0 aromatic carbocycles. The van der Waals surface area contributed by atoms with E-state index in [1.54, 1.807) is 7.11 Å². The van der Waals surface area contributed by atoms with Gasteiger partial charge in [-0.25, -0.2) is 0 Å². The summed E-state index contributed by atoms with van der Waals surface area (Å²) < 4.78 is 9.30. The number of methoxy groups -OCH3 is 1. The van der Waals surface area contributed by atoms with Gasteiger partial charge in [-0.05, 0) is 6.07 Å². The third-order valence-electron chi connectivity index (χ3n) is 3.70. The van der Waals surface area contributed by atoms with E-state index in [-0.39, 0.29) is 0 Å². The molecule has 0 saturated carbocycles. The Kier molecular flexibility index (Phi) is 3.84. The minimum atomic E-state index is 0.470. The molecule has 1 unspecified atom stereocenters. The molecule has 0 N–H and O–H groups in total. The fraction of sp³-hybridized carbons (Fsp3) is 0.571. The van der Waals surface area contributed by atoms with Crippen LogP contribution in [0.15, 0.2) is 24.7 Å². The van der Waals surface area contributed by atoms with Gasteiger partial charge >= 0.3 is 0 Å². The molecule has 3 rings (SSSR count). The molecule has 0 aliphatic carbocycles. The van der Waals surface area contributed by atoms with Gasteiger partial charge < -0.3 is 4.74 Å². The molecule has 1 aliphatic rings. The van der Waals surface area contributed by atoms with Crippen molar-refractivity contribution in [3.8, 4) is 0 Å². The van der Waals surface area contributed by atoms with Crippen LogP contribution in [0.3, 0.4) is 0 Å². The molecule has 108 valence electrons. The van der Waals surface area contributed by atoms with Crippen LogP contribution >= 0.6 is 0 Å². The first-order chi connectivity index (χ1) is 9.74. The van der Waals surface area contributed by atoms with E-state index < -0.39 is 0 Å². The predicted molar refractivity (Wildman–Crippen MR) is 74.9 cm³/mol. The molecule has 0 bridgehead atoms. The van der Waals surface area contributed by atoms with Crippen molar-refractivity contribution in [1.29, 1.82) is 0 Å². The predicted octanol–water partition coefficient (Wildman–Crippen LogP) is 0.895. The second-order valence-electron chi connectivity index (χ2n) is 5.52. The van der Waals surface area contributed by atoms with E-state index in [1.165, 1.54) is 11.3 Å². The summed E-state index contributed by atoms with van der Waals surface area (Å²) in [6.45, 7) is 4.56. The van der Waals surface area contributed by atoms with E-state index >= 15 is 0 Å². The number of hydrogen-bond donors (Lipinski definition) is 0. The Morgan fingerprint density at radius 2 is 2.25 bits per heavy atom. The third kappa shape index (κ3) is 2.91. The van der Waals surface area contributed by atoms with Crippen LogP contribution < -0.4 is 0 Å². The SMILES string of the molecule is COCC1CN(Cc2cnn(C)c2)Cc2ccnn2C1. The van der Waals surface area contributed by atoms with Gasteiger partial charge in [-0.15, -0.1) is 0 Å². The van der Waals surface area contributed by atoms with Crippen LogP contribution in [0.1, 0.15) is 11.3 Å². The molecule has 6 nitrogen and oxygen atoms in total. The molecule has 0 amide bonds. The summed E-state index contributed by atoms with van der Waals surface area (Å²) in [6, 6.07) is 2.10. The number of fused-ring (bicyclic) bond motifs is 1. The van der Waals surface area contributed by atoms with Gasteiger partial charge in [0.1, 0.15) is 0 Å². The van der Waals surface area contributed by atoms with E-state index in [2.05, 4.69) is 32.0 Å². The molecular weight excluding hydrogens is 254 g/mol. The Morgan fingerprint density at radius 1 is 1.35 bits per heavy atom. The smallest absolute Gasteiger partial charge is 0.0534 e. The summed E-state index contributed by atoms with van der Waals surface area (Å²) in [5, 5.41) is 8.66. The molecule has 0 radical (unpaired) electrons. The lowest BCUT2D eigenvalue weighted by molar-refractivity contribution is 0.114. The minimum Gasteiger partial charge on any atom is -0.384 e. The van der Waals surface area contributed by atoms with Crippen molar-refractivity contribution in [3.63, 3.8) is 0 Å². The molecule has 20 heavy (non-hydrogen) atoms. The lowest BCUT2D eigenvalue weighted by atomic mass is 10.1. The Bertz CT molecular complexity index is 561. The van der Waals surface area contributed by atoms with E-state index in [4.69, 9.17) is 4.74 Å². The molecule has 1 atom stereocenters. The summed E-state index contributed by atoms with van der Waals surface area (Å²) in [5.74, 6) is 0.470. The van der Waals surface area contributed by atoms with Gasteiger partial charge in [0, 0.05) is 64.2 Å². The molecule has 0 spiro atoms. The maximum atomic E-state index is 5.35. The second kappa shape index (κ2) is 5.76. The van der Waals surface area contributed by atoms with Gasteiger partial charge in [-0.2, -0.15) is 10.2 Å². The zero-order valence-electron chi connectivity index (χ0n) is 12.1. The molecule has 1 aliphatic heterocycles. The van der Waals surface area contributed by atoms with Crippen molar-refractivity contribution >= 4 is 0 Å². The van der Waals surface area contributed by atoms with Crippen molar-refractivity contribution in [3.05, 3.63) is 35.9 Å². The lowest BCUT2D eigenvalue weighted by Crippen LogP contribution is -2.29. The van der Waals surface area contributed by atoms with Crippen LogP contribution in [0.2, 0.25) is 0 Å². The second-order valence-corrected chi connectivity index (χ2v) is 5.52. The molecule has 2 aromatic heterocycles. The summed E-state index contributed by atoms with van der Waals surface area (Å²) in [4.78, 5) is 2.45. The van der Waals surface area contributed by atoms with Crippen molar-refractivity contribution in [1.82, 2.24) is 24.5 Å².